The van der Waals surface area contributed by atoms with Gasteiger partial charge in [-0.3, -0.25) is 0 Å². The number of ether oxygens (including phenoxy) is 1. The highest BCUT2D eigenvalue weighted by molar-refractivity contribution is 4.81. The first-order chi connectivity index (χ1) is 14.2. The predicted octanol–water partition coefficient (Wildman–Crippen LogP) is 8.44. The zero-order chi connectivity index (χ0) is 21.4. The summed E-state index contributed by atoms with van der Waals surface area (Å²) in [5.41, 5.74) is 0. The van der Waals surface area contributed by atoms with Gasteiger partial charge in [-0.15, -0.1) is 6.58 Å². The van der Waals surface area contributed by atoms with E-state index >= 15 is 0 Å². The molecule has 172 valence electrons. The van der Waals surface area contributed by atoms with Crippen LogP contribution in [0.2, 0.25) is 0 Å². The van der Waals surface area contributed by atoms with E-state index < -0.39 is 0 Å². The molecule has 0 aromatic carbocycles. The Morgan fingerprint density at radius 1 is 0.759 bits per heavy atom. The second kappa shape index (κ2) is 23.5. The van der Waals surface area contributed by atoms with Crippen LogP contribution < -0.4 is 0 Å². The summed E-state index contributed by atoms with van der Waals surface area (Å²) in [6.45, 7) is 12.5. The maximum absolute atomic E-state index is 9.89. The van der Waals surface area contributed by atoms with Crippen molar-refractivity contribution in [3.63, 3.8) is 0 Å². The van der Waals surface area contributed by atoms with E-state index in [2.05, 4.69) is 20.1 Å². The van der Waals surface area contributed by atoms with Crippen LogP contribution in [0.5, 0.6) is 0 Å². The average Bonchev–Trinajstić information content (AvgIpc) is 2.71. The summed E-state index contributed by atoms with van der Waals surface area (Å²) in [4.78, 5) is 0. The highest BCUT2D eigenvalue weighted by Gasteiger charge is 2.01. The normalized spacial score (nSPS) is 11.1. The molecule has 0 fully saturated rings. The van der Waals surface area contributed by atoms with Crippen molar-refractivity contribution in [3.05, 3.63) is 25.0 Å². The molecule has 0 heterocycles. The van der Waals surface area contributed by atoms with Crippen LogP contribution in [0.25, 0.3) is 0 Å². The van der Waals surface area contributed by atoms with Gasteiger partial charge in [0.1, 0.15) is 0 Å². The second-order valence-corrected chi connectivity index (χ2v) is 8.47. The lowest BCUT2D eigenvalue weighted by atomic mass is 10.1. The minimum atomic E-state index is 0.806. The zero-order valence-corrected chi connectivity index (χ0v) is 19.6. The van der Waals surface area contributed by atoms with Gasteiger partial charge < -0.3 is 9.94 Å². The van der Waals surface area contributed by atoms with Crippen molar-refractivity contribution in [2.45, 2.75) is 122 Å². The van der Waals surface area contributed by atoms with Crippen LogP contribution in [0.15, 0.2) is 25.0 Å². The van der Waals surface area contributed by atoms with Crippen LogP contribution in [-0.2, 0) is 4.74 Å². The highest BCUT2D eigenvalue weighted by Crippen LogP contribution is 2.13. The summed E-state index contributed by atoms with van der Waals surface area (Å²) in [6.07, 6.45) is 24.0. The largest absolute Gasteiger partial charge is 0.499 e. The Morgan fingerprint density at radius 3 is 1.90 bits per heavy atom. The molecule has 0 aliphatic carbocycles. The lowest BCUT2D eigenvalue weighted by Crippen LogP contribution is -2.21. The summed E-state index contributed by atoms with van der Waals surface area (Å²) in [6, 6.07) is 0. The molecule has 0 unspecified atom stereocenters. The number of unbranched alkanes of at least 4 members (excludes halogenated alkanes) is 14. The molecule has 0 rings (SSSR count). The van der Waals surface area contributed by atoms with Gasteiger partial charge >= 0.3 is 0 Å². The van der Waals surface area contributed by atoms with Gasteiger partial charge in [-0.1, -0.05) is 90.2 Å². The molecule has 0 bridgehead atoms. The predicted molar refractivity (Wildman–Crippen MR) is 127 cm³/mol. The number of nitrogens with zero attached hydrogens (tertiary/aromatic N) is 1. The lowest BCUT2D eigenvalue weighted by Gasteiger charge is -2.14. The minimum absolute atomic E-state index is 0.806. The van der Waals surface area contributed by atoms with E-state index in [0.29, 0.717) is 0 Å². The molecule has 0 amide bonds. The molecule has 0 aromatic heterocycles. The first kappa shape index (κ1) is 28.2. The van der Waals surface area contributed by atoms with Crippen LogP contribution in [0.4, 0.5) is 0 Å². The van der Waals surface area contributed by atoms with Crippen LogP contribution in [0.1, 0.15) is 122 Å². The van der Waals surface area contributed by atoms with Crippen molar-refractivity contribution in [3.8, 4) is 0 Å². The van der Waals surface area contributed by atoms with Gasteiger partial charge in [0.15, 0.2) is 0 Å². The molecule has 3 heteroatoms. The van der Waals surface area contributed by atoms with Gasteiger partial charge in [-0.05, 0) is 38.5 Å². The number of hydrogen-bond acceptors (Lipinski definition) is 3. The molecule has 0 aliphatic heterocycles. The third-order valence-corrected chi connectivity index (χ3v) is 5.50. The van der Waals surface area contributed by atoms with E-state index in [4.69, 9.17) is 4.74 Å². The number of rotatable bonds is 24. The van der Waals surface area contributed by atoms with E-state index in [9.17, 15) is 5.21 Å². The fourth-order valence-corrected chi connectivity index (χ4v) is 3.54. The molecule has 0 radical (unpaired) electrons. The molecule has 3 nitrogen and oxygen atoms in total. The van der Waals surface area contributed by atoms with Crippen molar-refractivity contribution in [1.82, 2.24) is 5.06 Å². The van der Waals surface area contributed by atoms with Gasteiger partial charge in [0.05, 0.1) is 12.4 Å². The number of hydroxylamine groups is 2. The first-order valence-corrected chi connectivity index (χ1v) is 12.6. The van der Waals surface area contributed by atoms with E-state index in [1.54, 1.807) is 0 Å². The number of hydrogen-bond donors (Lipinski definition) is 1. The second-order valence-electron chi connectivity index (χ2n) is 8.47. The van der Waals surface area contributed by atoms with Crippen molar-refractivity contribution in [2.75, 3.05) is 19.7 Å². The van der Waals surface area contributed by atoms with Crippen LogP contribution in [0, 0.1) is 0 Å². The van der Waals surface area contributed by atoms with E-state index in [1.165, 1.54) is 88.5 Å². The van der Waals surface area contributed by atoms with Crippen LogP contribution in [-0.4, -0.2) is 30.0 Å². The molecular formula is C26H51NO2. The molecule has 1 N–H and O–H groups in total. The van der Waals surface area contributed by atoms with Crippen molar-refractivity contribution in [1.29, 1.82) is 0 Å². The maximum Gasteiger partial charge on any atom is 0.0888 e. The molecule has 0 aliphatic rings. The highest BCUT2D eigenvalue weighted by atomic mass is 16.5. The minimum Gasteiger partial charge on any atom is -0.499 e. The van der Waals surface area contributed by atoms with Crippen molar-refractivity contribution >= 4 is 0 Å². The van der Waals surface area contributed by atoms with Gasteiger partial charge in [0, 0.05) is 19.5 Å². The Hall–Kier alpha value is -0.800. The fraction of sp³-hybridized carbons (Fsp3) is 0.846. The van der Waals surface area contributed by atoms with E-state index in [0.717, 1.165) is 57.6 Å². The fourth-order valence-electron chi connectivity index (χ4n) is 3.54. The molecule has 0 spiro atoms. The van der Waals surface area contributed by atoms with E-state index in [-0.39, 0.29) is 0 Å². The monoisotopic (exact) mass is 409 g/mol. The zero-order valence-electron chi connectivity index (χ0n) is 19.6. The Kier molecular flexibility index (Phi) is 22.8. The first-order valence-electron chi connectivity index (χ1n) is 12.6. The van der Waals surface area contributed by atoms with Crippen LogP contribution >= 0.6 is 0 Å². The molecule has 0 saturated heterocycles. The van der Waals surface area contributed by atoms with Gasteiger partial charge in [-0.25, -0.2) is 0 Å². The summed E-state index contributed by atoms with van der Waals surface area (Å²) in [7, 11) is 0. The molecule has 0 aromatic rings. The maximum atomic E-state index is 9.89. The standard InChI is InChI=1S/C26H51NO2/c1-4-6-8-10-12-17-21-25-29-26(3)22-18-14-13-16-20-24-27(28)23-19-15-11-9-7-5-2/h5,28H,2-4,6-25H2,1H3. The Morgan fingerprint density at radius 2 is 1.28 bits per heavy atom. The van der Waals surface area contributed by atoms with Crippen molar-refractivity contribution < 1.29 is 9.94 Å². The SMILES string of the molecule is C=CCCCCCCN(O)CCCCCCCC(=C)OCCCCCCCCC. The lowest BCUT2D eigenvalue weighted by molar-refractivity contribution is -0.0925. The van der Waals surface area contributed by atoms with Gasteiger partial charge in [0.25, 0.3) is 0 Å². The summed E-state index contributed by atoms with van der Waals surface area (Å²) in [5, 5.41) is 11.4. The summed E-state index contributed by atoms with van der Waals surface area (Å²) < 4.78 is 5.76. The van der Waals surface area contributed by atoms with Gasteiger partial charge in [0.2, 0.25) is 0 Å². The number of allylic oxidation sites excluding steroid dienone is 2. The Balaban J connectivity index is 3.26. The third kappa shape index (κ3) is 23.3. The molecule has 0 atom stereocenters. The Bertz CT molecular complexity index is 357. The summed E-state index contributed by atoms with van der Waals surface area (Å²) >= 11 is 0. The molecular weight excluding hydrogens is 358 g/mol. The smallest absolute Gasteiger partial charge is 0.0888 e. The third-order valence-electron chi connectivity index (χ3n) is 5.50. The topological polar surface area (TPSA) is 32.7 Å². The molecule has 0 saturated carbocycles. The summed E-state index contributed by atoms with van der Waals surface area (Å²) in [5.74, 6) is 0.964. The van der Waals surface area contributed by atoms with Crippen LogP contribution in [0.3, 0.4) is 0 Å². The van der Waals surface area contributed by atoms with Crippen molar-refractivity contribution in [2.24, 2.45) is 0 Å². The quantitative estimate of drug-likeness (QED) is 0.0751. The average molecular weight is 410 g/mol. The van der Waals surface area contributed by atoms with Gasteiger partial charge in [-0.2, -0.15) is 5.06 Å². The van der Waals surface area contributed by atoms with E-state index in [1.807, 2.05) is 6.08 Å². The Labute approximate surface area is 182 Å². The molecule has 29 heavy (non-hydrogen) atoms.